The zero-order chi connectivity index (χ0) is 24.0. The van der Waals surface area contributed by atoms with Crippen LogP contribution in [0, 0.1) is 20.8 Å². The minimum absolute atomic E-state index is 0.124. The summed E-state index contributed by atoms with van der Waals surface area (Å²) in [6, 6.07) is 10.7. The van der Waals surface area contributed by atoms with E-state index in [0.717, 1.165) is 22.4 Å². The number of aryl methyl sites for hydroxylation is 3. The molecule has 0 saturated heterocycles. The van der Waals surface area contributed by atoms with Crippen LogP contribution in [-0.2, 0) is 17.9 Å². The van der Waals surface area contributed by atoms with Gasteiger partial charge in [0, 0.05) is 22.8 Å². The summed E-state index contributed by atoms with van der Waals surface area (Å²) in [6.45, 7) is 10.4. The van der Waals surface area contributed by atoms with E-state index < -0.39 is 0 Å². The summed E-state index contributed by atoms with van der Waals surface area (Å²) in [7, 11) is 0. The number of rotatable bonds is 9. The number of thioether (sulfide) groups is 1. The third-order valence-corrected chi connectivity index (χ3v) is 6.11. The highest BCUT2D eigenvalue weighted by molar-refractivity contribution is 7.99. The van der Waals surface area contributed by atoms with Crippen molar-refractivity contribution in [2.24, 2.45) is 0 Å². The highest BCUT2D eigenvalue weighted by Crippen LogP contribution is 2.23. The SMILES string of the molecule is C=CCn1c(CNC(=O)c2ccc(Cl)cc2)nnc1SCC(=O)Nc1c(C)cc(C)cc1C. The predicted octanol–water partition coefficient (Wildman–Crippen LogP) is 4.70. The van der Waals surface area contributed by atoms with Gasteiger partial charge in [-0.1, -0.05) is 47.1 Å². The van der Waals surface area contributed by atoms with E-state index in [4.69, 9.17) is 11.6 Å². The van der Waals surface area contributed by atoms with Gasteiger partial charge in [-0.15, -0.1) is 16.8 Å². The minimum Gasteiger partial charge on any atom is -0.345 e. The lowest BCUT2D eigenvalue weighted by Gasteiger charge is -2.13. The molecule has 0 fully saturated rings. The lowest BCUT2D eigenvalue weighted by atomic mass is 10.1. The number of aromatic nitrogens is 3. The molecule has 1 aromatic heterocycles. The second-order valence-corrected chi connectivity index (χ2v) is 8.98. The molecule has 2 amide bonds. The number of hydrogen-bond acceptors (Lipinski definition) is 5. The molecule has 0 saturated carbocycles. The van der Waals surface area contributed by atoms with Crippen LogP contribution >= 0.6 is 23.4 Å². The van der Waals surface area contributed by atoms with Crippen LogP contribution in [0.4, 0.5) is 5.69 Å². The smallest absolute Gasteiger partial charge is 0.251 e. The molecule has 9 heteroatoms. The van der Waals surface area contributed by atoms with Gasteiger partial charge in [-0.25, -0.2) is 0 Å². The number of allylic oxidation sites excluding steroid dienone is 1. The number of anilines is 1. The highest BCUT2D eigenvalue weighted by atomic mass is 35.5. The van der Waals surface area contributed by atoms with E-state index >= 15 is 0 Å². The van der Waals surface area contributed by atoms with Crippen LogP contribution in [0.3, 0.4) is 0 Å². The van der Waals surface area contributed by atoms with Gasteiger partial charge in [0.15, 0.2) is 11.0 Å². The fraction of sp³-hybridized carbons (Fsp3) is 0.250. The summed E-state index contributed by atoms with van der Waals surface area (Å²) in [4.78, 5) is 25.0. The molecule has 2 aromatic carbocycles. The Labute approximate surface area is 202 Å². The molecule has 0 aliphatic heterocycles. The van der Waals surface area contributed by atoms with Crippen molar-refractivity contribution in [3.05, 3.63) is 82.2 Å². The lowest BCUT2D eigenvalue weighted by Crippen LogP contribution is -2.24. The second kappa shape index (κ2) is 11.2. The summed E-state index contributed by atoms with van der Waals surface area (Å²) in [6.07, 6.45) is 1.72. The molecule has 3 aromatic rings. The summed E-state index contributed by atoms with van der Waals surface area (Å²) in [5.41, 5.74) is 4.55. The van der Waals surface area contributed by atoms with Gasteiger partial charge in [-0.3, -0.25) is 9.59 Å². The second-order valence-electron chi connectivity index (χ2n) is 7.60. The molecular formula is C24H26ClN5O2S. The number of hydrogen-bond donors (Lipinski definition) is 2. The summed E-state index contributed by atoms with van der Waals surface area (Å²) >= 11 is 7.16. The van der Waals surface area contributed by atoms with Crippen molar-refractivity contribution in [3.8, 4) is 0 Å². The molecule has 172 valence electrons. The van der Waals surface area contributed by atoms with Gasteiger partial charge in [0.25, 0.3) is 5.91 Å². The van der Waals surface area contributed by atoms with Gasteiger partial charge in [0.1, 0.15) is 0 Å². The fourth-order valence-electron chi connectivity index (χ4n) is 3.41. The van der Waals surface area contributed by atoms with Gasteiger partial charge in [-0.2, -0.15) is 0 Å². The first-order chi connectivity index (χ1) is 15.8. The van der Waals surface area contributed by atoms with E-state index in [1.165, 1.54) is 11.8 Å². The van der Waals surface area contributed by atoms with Crippen LogP contribution in [0.25, 0.3) is 0 Å². The zero-order valence-corrected chi connectivity index (χ0v) is 20.4. The fourth-order valence-corrected chi connectivity index (χ4v) is 4.31. The van der Waals surface area contributed by atoms with Crippen LogP contribution < -0.4 is 10.6 Å². The highest BCUT2D eigenvalue weighted by Gasteiger charge is 2.16. The molecule has 0 aliphatic carbocycles. The Hall–Kier alpha value is -3.10. The molecule has 0 unspecified atom stereocenters. The topological polar surface area (TPSA) is 88.9 Å². The normalized spacial score (nSPS) is 10.7. The van der Waals surface area contributed by atoms with Crippen LogP contribution in [0.5, 0.6) is 0 Å². The van der Waals surface area contributed by atoms with Crippen molar-refractivity contribution in [2.45, 2.75) is 39.0 Å². The molecule has 0 aliphatic rings. The third kappa shape index (κ3) is 6.46. The maximum Gasteiger partial charge on any atom is 0.251 e. The van der Waals surface area contributed by atoms with Crippen molar-refractivity contribution in [2.75, 3.05) is 11.1 Å². The van der Waals surface area contributed by atoms with E-state index in [9.17, 15) is 9.59 Å². The number of carbonyl (C=O) groups is 2. The number of benzene rings is 2. The molecule has 3 rings (SSSR count). The van der Waals surface area contributed by atoms with Gasteiger partial charge in [-0.05, 0) is 56.2 Å². The average molecular weight is 484 g/mol. The number of nitrogens with zero attached hydrogens (tertiary/aromatic N) is 3. The van der Waals surface area contributed by atoms with Crippen LogP contribution in [0.15, 0.2) is 54.2 Å². The molecular weight excluding hydrogens is 458 g/mol. The van der Waals surface area contributed by atoms with Crippen molar-refractivity contribution >= 4 is 40.9 Å². The largest absolute Gasteiger partial charge is 0.345 e. The quantitative estimate of drug-likeness (QED) is 0.340. The Balaban J connectivity index is 1.63. The maximum atomic E-state index is 12.6. The van der Waals surface area contributed by atoms with Crippen LogP contribution in [0.2, 0.25) is 5.02 Å². The lowest BCUT2D eigenvalue weighted by molar-refractivity contribution is -0.113. The molecule has 0 bridgehead atoms. The van der Waals surface area contributed by atoms with Crippen LogP contribution in [0.1, 0.15) is 32.9 Å². The van der Waals surface area contributed by atoms with E-state index in [1.54, 1.807) is 30.3 Å². The predicted molar refractivity (Wildman–Crippen MR) is 133 cm³/mol. The Morgan fingerprint density at radius 1 is 1.12 bits per heavy atom. The number of amides is 2. The van der Waals surface area contributed by atoms with Crippen molar-refractivity contribution in [1.29, 1.82) is 0 Å². The Morgan fingerprint density at radius 3 is 2.42 bits per heavy atom. The Kier molecular flexibility index (Phi) is 8.30. The Morgan fingerprint density at radius 2 is 1.79 bits per heavy atom. The van der Waals surface area contributed by atoms with Crippen LogP contribution in [-0.4, -0.2) is 32.3 Å². The van der Waals surface area contributed by atoms with Gasteiger partial charge < -0.3 is 15.2 Å². The molecule has 7 nitrogen and oxygen atoms in total. The third-order valence-electron chi connectivity index (χ3n) is 4.89. The molecule has 0 atom stereocenters. The van der Waals surface area contributed by atoms with E-state index in [0.29, 0.717) is 28.1 Å². The van der Waals surface area contributed by atoms with E-state index in [1.807, 2.05) is 37.5 Å². The number of nitrogens with one attached hydrogen (secondary N) is 2. The molecule has 33 heavy (non-hydrogen) atoms. The Bertz CT molecular complexity index is 1150. The average Bonchev–Trinajstić information content (AvgIpc) is 3.15. The molecule has 1 heterocycles. The first kappa shape index (κ1) is 24.5. The first-order valence-corrected chi connectivity index (χ1v) is 11.7. The monoisotopic (exact) mass is 483 g/mol. The van der Waals surface area contributed by atoms with E-state index in [2.05, 4.69) is 27.4 Å². The van der Waals surface area contributed by atoms with Gasteiger partial charge >= 0.3 is 0 Å². The van der Waals surface area contributed by atoms with Crippen molar-refractivity contribution < 1.29 is 9.59 Å². The molecule has 2 N–H and O–H groups in total. The zero-order valence-electron chi connectivity index (χ0n) is 18.8. The van der Waals surface area contributed by atoms with Gasteiger partial charge in [0.05, 0.1) is 12.3 Å². The van der Waals surface area contributed by atoms with E-state index in [-0.39, 0.29) is 24.1 Å². The minimum atomic E-state index is -0.239. The van der Waals surface area contributed by atoms with Gasteiger partial charge in [0.2, 0.25) is 5.91 Å². The number of carbonyl (C=O) groups excluding carboxylic acids is 2. The summed E-state index contributed by atoms with van der Waals surface area (Å²) < 4.78 is 1.83. The van der Waals surface area contributed by atoms with Crippen molar-refractivity contribution in [1.82, 2.24) is 20.1 Å². The molecule has 0 radical (unpaired) electrons. The standard InChI is InChI=1S/C24H26ClN5O2S/c1-5-10-30-20(13-26-23(32)18-6-8-19(25)9-7-18)28-29-24(30)33-14-21(31)27-22-16(3)11-15(2)12-17(22)4/h5-9,11-12H,1,10,13-14H2,2-4H3,(H,26,32)(H,27,31). The summed E-state index contributed by atoms with van der Waals surface area (Å²) in [5, 5.41) is 15.4. The van der Waals surface area contributed by atoms with Crippen molar-refractivity contribution in [3.63, 3.8) is 0 Å². The molecule has 0 spiro atoms. The first-order valence-electron chi connectivity index (χ1n) is 10.4. The summed E-state index contributed by atoms with van der Waals surface area (Å²) in [5.74, 6) is 0.391. The number of halogens is 1. The maximum absolute atomic E-state index is 12.6.